The molecule has 0 spiro atoms. The number of esters is 1. The monoisotopic (exact) mass is 285 g/mol. The smallest absolute Gasteiger partial charge is 0.307 e. The lowest BCUT2D eigenvalue weighted by Gasteiger charge is -2.10. The third kappa shape index (κ3) is 3.85. The van der Waals surface area contributed by atoms with Crippen molar-refractivity contribution in [3.63, 3.8) is 0 Å². The molecule has 0 saturated carbocycles. The molecule has 0 unspecified atom stereocenters. The number of nitrogens with one attached hydrogen (secondary N) is 1. The first-order chi connectivity index (χ1) is 7.67. The van der Waals surface area contributed by atoms with Crippen molar-refractivity contribution in [3.8, 4) is 0 Å². The number of carbonyl (C=O) groups excluding carboxylic acids is 1. The summed E-state index contributed by atoms with van der Waals surface area (Å²) in [6.07, 6.45) is 1.34. The second-order valence-electron chi connectivity index (χ2n) is 3.41. The molecule has 1 aromatic carbocycles. The predicted molar refractivity (Wildman–Crippen MR) is 68.6 cm³/mol. The molecule has 1 aromatic rings. The average molecular weight is 286 g/mol. The van der Waals surface area contributed by atoms with Gasteiger partial charge in [-0.1, -0.05) is 22.9 Å². The summed E-state index contributed by atoms with van der Waals surface area (Å²) in [5.74, 6) is -0.192. The zero-order chi connectivity index (χ0) is 12.0. The minimum atomic E-state index is -0.192. The van der Waals surface area contributed by atoms with E-state index >= 15 is 0 Å². The molecule has 0 saturated heterocycles. The maximum Gasteiger partial charge on any atom is 0.307 e. The van der Waals surface area contributed by atoms with Gasteiger partial charge in [0.1, 0.15) is 0 Å². The molecule has 0 bridgehead atoms. The number of carbonyl (C=O) groups is 1. The van der Waals surface area contributed by atoms with Crippen LogP contribution in [0, 0.1) is 0 Å². The SMILES string of the molecule is CCc1cc(Br)ccc1NCCC(=O)OC. The Morgan fingerprint density at radius 2 is 2.25 bits per heavy atom. The lowest BCUT2D eigenvalue weighted by atomic mass is 10.1. The number of halogens is 1. The first kappa shape index (κ1) is 13.0. The minimum Gasteiger partial charge on any atom is -0.469 e. The molecule has 0 atom stereocenters. The van der Waals surface area contributed by atoms with E-state index in [2.05, 4.69) is 39.0 Å². The summed E-state index contributed by atoms with van der Waals surface area (Å²) in [7, 11) is 1.40. The molecule has 0 aliphatic carbocycles. The molecule has 0 heterocycles. The maximum atomic E-state index is 10.9. The van der Waals surface area contributed by atoms with E-state index in [1.54, 1.807) is 0 Å². The van der Waals surface area contributed by atoms with E-state index < -0.39 is 0 Å². The van der Waals surface area contributed by atoms with Crippen LogP contribution in [-0.4, -0.2) is 19.6 Å². The zero-order valence-electron chi connectivity index (χ0n) is 9.55. The van der Waals surface area contributed by atoms with Crippen molar-refractivity contribution < 1.29 is 9.53 Å². The molecule has 0 aromatic heterocycles. The van der Waals surface area contributed by atoms with Gasteiger partial charge in [-0.25, -0.2) is 0 Å². The summed E-state index contributed by atoms with van der Waals surface area (Å²) >= 11 is 3.44. The van der Waals surface area contributed by atoms with Gasteiger partial charge >= 0.3 is 5.97 Å². The van der Waals surface area contributed by atoms with Gasteiger partial charge in [0.2, 0.25) is 0 Å². The Kier molecular flexibility index (Phi) is 5.32. The highest BCUT2D eigenvalue weighted by molar-refractivity contribution is 9.10. The van der Waals surface area contributed by atoms with Gasteiger partial charge in [0.05, 0.1) is 13.5 Å². The van der Waals surface area contributed by atoms with Gasteiger partial charge in [-0.3, -0.25) is 4.79 Å². The van der Waals surface area contributed by atoms with Crippen LogP contribution in [0.2, 0.25) is 0 Å². The highest BCUT2D eigenvalue weighted by Crippen LogP contribution is 2.21. The fraction of sp³-hybridized carbons (Fsp3) is 0.417. The van der Waals surface area contributed by atoms with Crippen LogP contribution in [-0.2, 0) is 16.0 Å². The van der Waals surface area contributed by atoms with Crippen molar-refractivity contribution in [1.82, 2.24) is 0 Å². The molecule has 0 aliphatic heterocycles. The Balaban J connectivity index is 2.56. The van der Waals surface area contributed by atoms with E-state index in [9.17, 15) is 4.79 Å². The Hall–Kier alpha value is -1.03. The van der Waals surface area contributed by atoms with Crippen molar-refractivity contribution in [3.05, 3.63) is 28.2 Å². The normalized spacial score (nSPS) is 9.94. The van der Waals surface area contributed by atoms with E-state index in [-0.39, 0.29) is 5.97 Å². The molecule has 3 nitrogen and oxygen atoms in total. The summed E-state index contributed by atoms with van der Waals surface area (Å²) in [4.78, 5) is 10.9. The topological polar surface area (TPSA) is 38.3 Å². The summed E-state index contributed by atoms with van der Waals surface area (Å²) in [5.41, 5.74) is 2.31. The highest BCUT2D eigenvalue weighted by atomic mass is 79.9. The highest BCUT2D eigenvalue weighted by Gasteiger charge is 2.03. The van der Waals surface area contributed by atoms with E-state index in [1.165, 1.54) is 12.7 Å². The first-order valence-electron chi connectivity index (χ1n) is 5.26. The predicted octanol–water partition coefficient (Wildman–Crippen LogP) is 2.99. The van der Waals surface area contributed by atoms with E-state index in [4.69, 9.17) is 0 Å². The molecule has 4 heteroatoms. The molecule has 0 radical (unpaired) electrons. The van der Waals surface area contributed by atoms with Crippen LogP contribution in [0.1, 0.15) is 18.9 Å². The standard InChI is InChI=1S/C12H16BrNO2/c1-3-9-8-10(13)4-5-11(9)14-7-6-12(15)16-2/h4-5,8,14H,3,6-7H2,1-2H3. The van der Waals surface area contributed by atoms with Gasteiger partial charge in [0.15, 0.2) is 0 Å². The van der Waals surface area contributed by atoms with Gasteiger partial charge in [-0.15, -0.1) is 0 Å². The molecule has 0 amide bonds. The third-order valence-electron chi connectivity index (χ3n) is 2.32. The van der Waals surface area contributed by atoms with Crippen LogP contribution >= 0.6 is 15.9 Å². The number of hydrogen-bond acceptors (Lipinski definition) is 3. The minimum absolute atomic E-state index is 0.192. The summed E-state index contributed by atoms with van der Waals surface area (Å²) in [5, 5.41) is 3.23. The number of anilines is 1. The quantitative estimate of drug-likeness (QED) is 0.846. The second kappa shape index (κ2) is 6.53. The third-order valence-corrected chi connectivity index (χ3v) is 2.81. The molecular weight excluding hydrogens is 270 g/mol. The number of methoxy groups -OCH3 is 1. The Bertz CT molecular complexity index is 366. The average Bonchev–Trinajstić information content (AvgIpc) is 2.30. The number of aryl methyl sites for hydroxylation is 1. The van der Waals surface area contributed by atoms with Crippen molar-refractivity contribution in [2.45, 2.75) is 19.8 Å². The van der Waals surface area contributed by atoms with Gasteiger partial charge < -0.3 is 10.1 Å². The van der Waals surface area contributed by atoms with E-state index in [0.29, 0.717) is 13.0 Å². The molecule has 88 valence electrons. The largest absolute Gasteiger partial charge is 0.469 e. The van der Waals surface area contributed by atoms with E-state index in [0.717, 1.165) is 16.6 Å². The number of benzene rings is 1. The van der Waals surface area contributed by atoms with Gasteiger partial charge in [0, 0.05) is 16.7 Å². The van der Waals surface area contributed by atoms with Crippen molar-refractivity contribution >= 4 is 27.6 Å². The Morgan fingerprint density at radius 3 is 2.88 bits per heavy atom. The first-order valence-corrected chi connectivity index (χ1v) is 6.05. The van der Waals surface area contributed by atoms with Crippen LogP contribution in [0.3, 0.4) is 0 Å². The summed E-state index contributed by atoms with van der Waals surface area (Å²) in [6, 6.07) is 6.08. The molecule has 1 rings (SSSR count). The van der Waals surface area contributed by atoms with Crippen LogP contribution < -0.4 is 5.32 Å². The zero-order valence-corrected chi connectivity index (χ0v) is 11.1. The summed E-state index contributed by atoms with van der Waals surface area (Å²) < 4.78 is 5.65. The van der Waals surface area contributed by atoms with Crippen LogP contribution in [0.5, 0.6) is 0 Å². The molecule has 1 N–H and O–H groups in total. The second-order valence-corrected chi connectivity index (χ2v) is 4.32. The fourth-order valence-electron chi connectivity index (χ4n) is 1.43. The lowest BCUT2D eigenvalue weighted by molar-refractivity contribution is -0.140. The van der Waals surface area contributed by atoms with E-state index in [1.807, 2.05) is 12.1 Å². The van der Waals surface area contributed by atoms with Gasteiger partial charge in [-0.05, 0) is 30.2 Å². The van der Waals surface area contributed by atoms with Crippen molar-refractivity contribution in [1.29, 1.82) is 0 Å². The van der Waals surface area contributed by atoms with Crippen LogP contribution in [0.25, 0.3) is 0 Å². The van der Waals surface area contributed by atoms with Crippen LogP contribution in [0.15, 0.2) is 22.7 Å². The Morgan fingerprint density at radius 1 is 1.50 bits per heavy atom. The molecule has 0 fully saturated rings. The van der Waals surface area contributed by atoms with Gasteiger partial charge in [-0.2, -0.15) is 0 Å². The molecule has 16 heavy (non-hydrogen) atoms. The maximum absolute atomic E-state index is 10.9. The van der Waals surface area contributed by atoms with Crippen LogP contribution in [0.4, 0.5) is 5.69 Å². The van der Waals surface area contributed by atoms with Gasteiger partial charge in [0.25, 0.3) is 0 Å². The Labute approximate surface area is 104 Å². The molecular formula is C12H16BrNO2. The molecule has 0 aliphatic rings. The number of ether oxygens (including phenoxy) is 1. The van der Waals surface area contributed by atoms with Crippen molar-refractivity contribution in [2.24, 2.45) is 0 Å². The number of hydrogen-bond donors (Lipinski definition) is 1. The lowest BCUT2D eigenvalue weighted by Crippen LogP contribution is -2.10. The van der Waals surface area contributed by atoms with Crippen molar-refractivity contribution in [2.75, 3.05) is 19.0 Å². The fourth-order valence-corrected chi connectivity index (χ4v) is 1.84. The number of rotatable bonds is 5. The summed E-state index contributed by atoms with van der Waals surface area (Å²) in [6.45, 7) is 2.70.